The van der Waals surface area contributed by atoms with Gasteiger partial charge in [-0.25, -0.2) is 0 Å². The normalized spacial score (nSPS) is 20.3. The van der Waals surface area contributed by atoms with Gasteiger partial charge in [0.25, 0.3) is 0 Å². The molecule has 1 aliphatic heterocycles. The number of nitrogens with zero attached hydrogens (tertiary/aromatic N) is 2. The summed E-state index contributed by atoms with van der Waals surface area (Å²) in [6, 6.07) is 4.72. The van der Waals surface area contributed by atoms with Gasteiger partial charge >= 0.3 is 11.9 Å². The first-order chi connectivity index (χ1) is 19.8. The second-order valence-electron chi connectivity index (χ2n) is 12.9. The fraction of sp³-hybridized carbons (Fsp3) is 0.419. The van der Waals surface area contributed by atoms with Crippen molar-refractivity contribution in [2.24, 2.45) is 10.8 Å². The molecular weight excluding hydrogens is 608 g/mol. The lowest BCUT2D eigenvalue weighted by Crippen LogP contribution is -2.43. The van der Waals surface area contributed by atoms with Crippen LogP contribution in [0.2, 0.25) is 10.0 Å². The van der Waals surface area contributed by atoms with Gasteiger partial charge in [-0.05, 0) is 47.9 Å². The van der Waals surface area contributed by atoms with Crippen molar-refractivity contribution >= 4 is 40.5 Å². The van der Waals surface area contributed by atoms with Crippen LogP contribution in [0.15, 0.2) is 52.9 Å². The molecule has 0 saturated heterocycles. The van der Waals surface area contributed by atoms with Crippen LogP contribution in [0.25, 0.3) is 0 Å². The third-order valence-electron chi connectivity index (χ3n) is 8.22. The lowest BCUT2D eigenvalue weighted by atomic mass is 9.63. The van der Waals surface area contributed by atoms with Gasteiger partial charge in [0.05, 0.1) is 15.5 Å². The molecule has 228 valence electrons. The summed E-state index contributed by atoms with van der Waals surface area (Å²) in [7, 11) is 1.85. The number of ketones is 2. The maximum absolute atomic E-state index is 13.9. The first-order valence-corrected chi connectivity index (χ1v) is 14.3. The molecule has 0 aromatic heterocycles. The minimum absolute atomic E-state index is 0.0906. The number of alkyl halides is 3. The number of benzene rings is 2. The molecule has 12 heteroatoms. The van der Waals surface area contributed by atoms with E-state index in [4.69, 9.17) is 27.9 Å². The summed E-state index contributed by atoms with van der Waals surface area (Å²) in [4.78, 5) is 40.5. The summed E-state index contributed by atoms with van der Waals surface area (Å²) < 4.78 is 46.0. The highest BCUT2D eigenvalue weighted by Crippen LogP contribution is 2.56. The number of nitro groups is 1. The van der Waals surface area contributed by atoms with Gasteiger partial charge in [-0.3, -0.25) is 19.7 Å². The van der Waals surface area contributed by atoms with Crippen LogP contribution in [-0.2, 0) is 15.8 Å². The van der Waals surface area contributed by atoms with E-state index in [1.807, 2.05) is 39.6 Å². The van der Waals surface area contributed by atoms with E-state index in [0.717, 1.165) is 17.5 Å². The third kappa shape index (κ3) is 5.67. The van der Waals surface area contributed by atoms with E-state index in [9.17, 15) is 32.9 Å². The van der Waals surface area contributed by atoms with E-state index in [1.165, 1.54) is 12.1 Å². The first kappa shape index (κ1) is 31.1. The number of carbonyl (C=O) groups excluding carboxylic acids is 2. The molecule has 0 atom stereocenters. The number of rotatable bonds is 4. The summed E-state index contributed by atoms with van der Waals surface area (Å²) >= 11 is 13.1. The quantitative estimate of drug-likeness (QED) is 0.246. The Bertz CT molecular complexity index is 1610. The fourth-order valence-electron chi connectivity index (χ4n) is 6.41. The molecule has 0 N–H and O–H groups in total. The molecule has 2 aromatic carbocycles. The van der Waals surface area contributed by atoms with E-state index in [1.54, 1.807) is 0 Å². The van der Waals surface area contributed by atoms with Crippen molar-refractivity contribution in [3.63, 3.8) is 0 Å². The Hall–Kier alpha value is -3.37. The molecule has 2 aliphatic carbocycles. The molecule has 0 bridgehead atoms. The van der Waals surface area contributed by atoms with E-state index >= 15 is 0 Å². The van der Waals surface area contributed by atoms with Gasteiger partial charge in [0, 0.05) is 65.0 Å². The van der Waals surface area contributed by atoms with Gasteiger partial charge in [0.15, 0.2) is 17.3 Å². The van der Waals surface area contributed by atoms with E-state index in [-0.39, 0.29) is 56.6 Å². The molecule has 0 unspecified atom stereocenters. The molecule has 0 amide bonds. The van der Waals surface area contributed by atoms with Crippen LogP contribution in [0.3, 0.4) is 0 Å². The van der Waals surface area contributed by atoms with Gasteiger partial charge in [-0.15, -0.1) is 0 Å². The summed E-state index contributed by atoms with van der Waals surface area (Å²) in [6.45, 7) is 7.97. The van der Waals surface area contributed by atoms with Crippen LogP contribution >= 0.6 is 23.2 Å². The Morgan fingerprint density at radius 1 is 0.930 bits per heavy atom. The number of hydrogen-bond donors (Lipinski definition) is 0. The lowest BCUT2D eigenvalue weighted by Gasteiger charge is -2.48. The fourth-order valence-corrected chi connectivity index (χ4v) is 6.96. The monoisotopic (exact) mass is 636 g/mol. The number of allylic oxidation sites excluding steroid dienone is 4. The smallest absolute Gasteiger partial charge is 0.416 e. The highest BCUT2D eigenvalue weighted by Gasteiger charge is 2.49. The average molecular weight is 637 g/mol. The van der Waals surface area contributed by atoms with Crippen molar-refractivity contribution in [3.8, 4) is 11.5 Å². The molecule has 1 heterocycles. The van der Waals surface area contributed by atoms with Crippen molar-refractivity contribution in [1.82, 2.24) is 4.90 Å². The molecule has 0 fully saturated rings. The van der Waals surface area contributed by atoms with Gasteiger partial charge in [-0.2, -0.15) is 13.2 Å². The number of Topliss-reactive ketones (excluding diaryl/α,β-unsaturated/α-hetero) is 2. The Balaban J connectivity index is 1.77. The highest BCUT2D eigenvalue weighted by atomic mass is 35.5. The van der Waals surface area contributed by atoms with Crippen molar-refractivity contribution in [1.29, 1.82) is 0 Å². The maximum atomic E-state index is 13.9. The highest BCUT2D eigenvalue weighted by molar-refractivity contribution is 6.35. The predicted molar refractivity (Wildman–Crippen MR) is 155 cm³/mol. The van der Waals surface area contributed by atoms with E-state index < -0.39 is 34.0 Å². The van der Waals surface area contributed by atoms with Crippen LogP contribution in [0.1, 0.15) is 70.4 Å². The molecule has 7 nitrogen and oxygen atoms in total. The largest absolute Gasteiger partial charge is 0.448 e. The Morgan fingerprint density at radius 2 is 1.47 bits per heavy atom. The van der Waals surface area contributed by atoms with Crippen molar-refractivity contribution < 1.29 is 32.4 Å². The Labute approximate surface area is 256 Å². The number of nitro benzene ring substituents is 1. The number of carbonyl (C=O) groups is 2. The molecule has 0 radical (unpaired) electrons. The van der Waals surface area contributed by atoms with Crippen LogP contribution in [-0.4, -0.2) is 28.4 Å². The molecule has 5 rings (SSSR count). The van der Waals surface area contributed by atoms with E-state index in [0.29, 0.717) is 36.1 Å². The van der Waals surface area contributed by atoms with E-state index in [2.05, 4.69) is 0 Å². The Kier molecular flexibility index (Phi) is 7.49. The standard InChI is InChI=1S/C31H29Cl2F3N2O5/c1-29(2)11-20-26(22(39)13-29)25(27-21(37(20)5)12-30(3,4)14-23(27)40)17-9-16(32)10-18(33)28(17)43-24-7-6-15(31(34,35)36)8-19(24)38(41)42/h6-10,25H,11-14H2,1-5H3. The van der Waals surface area contributed by atoms with Gasteiger partial charge in [-0.1, -0.05) is 50.9 Å². The van der Waals surface area contributed by atoms with Crippen LogP contribution in [0.4, 0.5) is 18.9 Å². The number of halogens is 5. The summed E-state index contributed by atoms with van der Waals surface area (Å²) in [5.41, 5.74) is -0.365. The summed E-state index contributed by atoms with van der Waals surface area (Å²) in [6.07, 6.45) is -3.31. The minimum atomic E-state index is -4.82. The summed E-state index contributed by atoms with van der Waals surface area (Å²) in [5, 5.41) is 11.9. The zero-order valence-electron chi connectivity index (χ0n) is 24.1. The minimum Gasteiger partial charge on any atom is -0.448 e. The van der Waals surface area contributed by atoms with Crippen molar-refractivity contribution in [3.05, 3.63) is 84.2 Å². The molecule has 3 aliphatic rings. The molecule has 0 spiro atoms. The first-order valence-electron chi connectivity index (χ1n) is 13.6. The second-order valence-corrected chi connectivity index (χ2v) is 13.8. The van der Waals surface area contributed by atoms with Crippen molar-refractivity contribution in [2.45, 2.75) is 65.5 Å². The second kappa shape index (κ2) is 10.4. The maximum Gasteiger partial charge on any atom is 0.416 e. The molecule has 2 aromatic rings. The zero-order valence-corrected chi connectivity index (χ0v) is 25.6. The Morgan fingerprint density at radius 3 is 1.95 bits per heavy atom. The van der Waals surface area contributed by atoms with Crippen LogP contribution in [0.5, 0.6) is 11.5 Å². The van der Waals surface area contributed by atoms with Crippen molar-refractivity contribution in [2.75, 3.05) is 7.05 Å². The average Bonchev–Trinajstić information content (AvgIpc) is 2.85. The van der Waals surface area contributed by atoms with Gasteiger partial charge in [0.2, 0.25) is 5.75 Å². The molecule has 0 saturated carbocycles. The van der Waals surface area contributed by atoms with Gasteiger partial charge in [0.1, 0.15) is 0 Å². The van der Waals surface area contributed by atoms with Gasteiger partial charge < -0.3 is 9.64 Å². The lowest BCUT2D eigenvalue weighted by molar-refractivity contribution is -0.385. The number of hydrogen-bond acceptors (Lipinski definition) is 6. The zero-order chi connectivity index (χ0) is 31.8. The third-order valence-corrected chi connectivity index (χ3v) is 8.72. The summed E-state index contributed by atoms with van der Waals surface area (Å²) in [5.74, 6) is -1.93. The topological polar surface area (TPSA) is 89.8 Å². The van der Waals surface area contributed by atoms with Crippen LogP contribution in [0, 0.1) is 20.9 Å². The number of ether oxygens (including phenoxy) is 1. The molecular formula is C31H29Cl2F3N2O5. The molecule has 43 heavy (non-hydrogen) atoms. The SMILES string of the molecule is CN1C2=C(C(=O)CC(C)(C)C2)C(c2cc(Cl)cc(Cl)c2Oc2ccc(C(F)(F)F)cc2[N+](=O)[O-])C2=C1CC(C)(C)CC2=O. The predicted octanol–water partition coefficient (Wildman–Crippen LogP) is 9.03. The van der Waals surface area contributed by atoms with Crippen LogP contribution < -0.4 is 4.74 Å².